The van der Waals surface area contributed by atoms with Crippen molar-refractivity contribution in [1.82, 2.24) is 9.97 Å². The molecule has 0 unspecified atom stereocenters. The molecule has 1 aromatic heterocycles. The van der Waals surface area contributed by atoms with Gasteiger partial charge >= 0.3 is 0 Å². The number of nitrogens with zero attached hydrogens (tertiary/aromatic N) is 1. The number of benzene rings is 2. The maximum absolute atomic E-state index is 12.2. The van der Waals surface area contributed by atoms with Crippen molar-refractivity contribution in [3.05, 3.63) is 57.0 Å². The first-order valence-electron chi connectivity index (χ1n) is 6.29. The van der Waals surface area contributed by atoms with Gasteiger partial charge in [-0.2, -0.15) is 0 Å². The lowest BCUT2D eigenvalue weighted by Crippen LogP contribution is -2.03. The Morgan fingerprint density at radius 1 is 1.09 bits per heavy atom. The van der Waals surface area contributed by atoms with Gasteiger partial charge in [0.1, 0.15) is 0 Å². The Labute approximate surface area is 162 Å². The third-order valence-electron chi connectivity index (χ3n) is 2.99. The molecule has 120 valence electrons. The van der Waals surface area contributed by atoms with E-state index in [1.807, 2.05) is 6.07 Å². The number of fused-ring (bicyclic) bond motifs is 1. The number of aromatic amines is 1. The summed E-state index contributed by atoms with van der Waals surface area (Å²) in [6.07, 6.45) is 0. The first-order chi connectivity index (χ1) is 10.5. The fourth-order valence-electron chi connectivity index (χ4n) is 1.95. The number of carbonyl (C=O) groups excluding carboxylic acids is 1. The van der Waals surface area contributed by atoms with Crippen molar-refractivity contribution in [3.8, 4) is 0 Å². The molecule has 2 aromatic carbocycles. The average molecular weight is 453 g/mol. The van der Waals surface area contributed by atoms with E-state index in [9.17, 15) is 4.79 Å². The van der Waals surface area contributed by atoms with Gasteiger partial charge in [0.2, 0.25) is 0 Å². The zero-order chi connectivity index (χ0) is 15.7. The molecule has 0 fully saturated rings. The van der Waals surface area contributed by atoms with Crippen LogP contribution in [0.3, 0.4) is 0 Å². The minimum Gasteiger partial charge on any atom is -0.333 e. The second kappa shape index (κ2) is 7.90. The third kappa shape index (κ3) is 4.43. The monoisotopic (exact) mass is 450 g/mol. The maximum atomic E-state index is 12.2. The Balaban J connectivity index is 0.00000192. The molecule has 8 heteroatoms. The lowest BCUT2D eigenvalue weighted by atomic mass is 10.1. The minimum absolute atomic E-state index is 0. The highest BCUT2D eigenvalue weighted by Gasteiger charge is 2.13. The Morgan fingerprint density at radius 2 is 1.78 bits per heavy atom. The second-order valence-electron chi connectivity index (χ2n) is 4.54. The van der Waals surface area contributed by atoms with E-state index in [1.165, 1.54) is 11.8 Å². The van der Waals surface area contributed by atoms with Crippen LogP contribution in [0.25, 0.3) is 11.0 Å². The average Bonchev–Trinajstić information content (AvgIpc) is 2.86. The van der Waals surface area contributed by atoms with E-state index in [0.29, 0.717) is 25.8 Å². The summed E-state index contributed by atoms with van der Waals surface area (Å²) >= 11 is 19.1. The number of aromatic nitrogens is 2. The van der Waals surface area contributed by atoms with Gasteiger partial charge in [0.05, 0.1) is 21.8 Å². The Kier molecular flexibility index (Phi) is 6.40. The lowest BCUT2D eigenvalue weighted by Gasteiger charge is -2.02. The smallest absolute Gasteiger partial charge is 0.174 e. The van der Waals surface area contributed by atoms with E-state index < -0.39 is 0 Å². The van der Waals surface area contributed by atoms with Crippen molar-refractivity contribution >= 4 is 80.4 Å². The zero-order valence-corrected chi connectivity index (χ0v) is 16.3. The van der Waals surface area contributed by atoms with Crippen LogP contribution >= 0.6 is 63.5 Å². The van der Waals surface area contributed by atoms with E-state index in [-0.39, 0.29) is 28.5 Å². The van der Waals surface area contributed by atoms with E-state index in [4.69, 9.17) is 34.8 Å². The maximum Gasteiger partial charge on any atom is 0.174 e. The number of thioether (sulfide) groups is 1. The number of halogens is 4. The summed E-state index contributed by atoms with van der Waals surface area (Å²) in [5.74, 6) is 0.152. The molecule has 0 aliphatic carbocycles. The van der Waals surface area contributed by atoms with Gasteiger partial charge in [0, 0.05) is 15.6 Å². The highest BCUT2D eigenvalue weighted by atomic mass is 79.9. The number of rotatable bonds is 4. The lowest BCUT2D eigenvalue weighted by molar-refractivity contribution is 0.102. The Morgan fingerprint density at radius 3 is 2.52 bits per heavy atom. The molecular formula is C15H10BrCl3N2OS. The zero-order valence-electron chi connectivity index (χ0n) is 11.5. The number of H-pyrrole nitrogens is 1. The van der Waals surface area contributed by atoms with Crippen molar-refractivity contribution in [1.29, 1.82) is 0 Å². The predicted octanol–water partition coefficient (Wildman–Crippen LogP) is 6.08. The van der Waals surface area contributed by atoms with Crippen molar-refractivity contribution in [2.75, 3.05) is 5.75 Å². The van der Waals surface area contributed by atoms with E-state index in [2.05, 4.69) is 9.97 Å². The van der Waals surface area contributed by atoms with Crippen LogP contribution in [0.2, 0.25) is 15.1 Å². The topological polar surface area (TPSA) is 45.8 Å². The number of nitrogens with one attached hydrogen (secondary N) is 1. The van der Waals surface area contributed by atoms with E-state index in [0.717, 1.165) is 11.0 Å². The van der Waals surface area contributed by atoms with Gasteiger partial charge in [-0.1, -0.05) is 46.6 Å². The minimum atomic E-state index is -0.0786. The summed E-state index contributed by atoms with van der Waals surface area (Å²) < 4.78 is 0. The van der Waals surface area contributed by atoms with Crippen molar-refractivity contribution in [2.24, 2.45) is 0 Å². The number of hydrogen-bond donors (Lipinski definition) is 1. The first kappa shape index (κ1) is 18.6. The molecule has 0 saturated heterocycles. The van der Waals surface area contributed by atoms with E-state index in [1.54, 1.807) is 30.3 Å². The summed E-state index contributed by atoms with van der Waals surface area (Å²) in [4.78, 5) is 19.7. The van der Waals surface area contributed by atoms with Crippen LogP contribution in [-0.4, -0.2) is 21.5 Å². The second-order valence-corrected chi connectivity index (χ2v) is 6.78. The molecule has 0 atom stereocenters. The molecule has 0 saturated carbocycles. The largest absolute Gasteiger partial charge is 0.333 e. The van der Waals surface area contributed by atoms with Crippen LogP contribution in [0.5, 0.6) is 0 Å². The van der Waals surface area contributed by atoms with Gasteiger partial charge in [-0.15, -0.1) is 17.0 Å². The van der Waals surface area contributed by atoms with Crippen LogP contribution < -0.4 is 0 Å². The molecule has 0 aliphatic rings. The fraction of sp³-hybridized carbons (Fsp3) is 0.0667. The van der Waals surface area contributed by atoms with Crippen LogP contribution in [0.1, 0.15) is 10.4 Å². The molecule has 23 heavy (non-hydrogen) atoms. The number of ketones is 1. The van der Waals surface area contributed by atoms with Gasteiger partial charge < -0.3 is 4.98 Å². The van der Waals surface area contributed by atoms with Gasteiger partial charge in [-0.05, 0) is 36.4 Å². The molecule has 1 N–H and O–H groups in total. The molecule has 0 spiro atoms. The first-order valence-corrected chi connectivity index (χ1v) is 8.41. The molecule has 1 heterocycles. The molecule has 3 nitrogen and oxygen atoms in total. The van der Waals surface area contributed by atoms with Gasteiger partial charge in [-0.25, -0.2) is 4.98 Å². The summed E-state index contributed by atoms with van der Waals surface area (Å²) in [5, 5.41) is 2.16. The van der Waals surface area contributed by atoms with Gasteiger partial charge in [-0.3, -0.25) is 4.79 Å². The standard InChI is InChI=1S/C15H9Cl3N2OS.BrH/c16-8-1-3-10(11(18)5-8)14(21)7-22-15-19-12-4-2-9(17)6-13(12)20-15;/h1-6H,7H2,(H,19,20);1H. The van der Waals surface area contributed by atoms with Crippen LogP contribution in [0, 0.1) is 0 Å². The molecule has 3 aromatic rings. The molecular weight excluding hydrogens is 443 g/mol. The Bertz CT molecular complexity index is 869. The van der Waals surface area contributed by atoms with E-state index >= 15 is 0 Å². The van der Waals surface area contributed by atoms with Crippen molar-refractivity contribution in [2.45, 2.75) is 5.16 Å². The summed E-state index contributed by atoms with van der Waals surface area (Å²) in [6, 6.07) is 10.2. The van der Waals surface area contributed by atoms with Crippen LogP contribution in [0.15, 0.2) is 41.6 Å². The third-order valence-corrected chi connectivity index (χ3v) is 4.65. The number of hydrogen-bond acceptors (Lipinski definition) is 3. The SMILES string of the molecule is Br.O=C(CSc1nc2ccc(Cl)cc2[nH]1)c1ccc(Cl)cc1Cl. The van der Waals surface area contributed by atoms with Gasteiger partial charge in [0.15, 0.2) is 10.9 Å². The number of carbonyl (C=O) groups is 1. The van der Waals surface area contributed by atoms with Crippen LogP contribution in [0.4, 0.5) is 0 Å². The normalized spacial score (nSPS) is 10.6. The Hall–Kier alpha value is -0.720. The molecule has 0 amide bonds. The van der Waals surface area contributed by atoms with Crippen molar-refractivity contribution in [3.63, 3.8) is 0 Å². The number of imidazole rings is 1. The quantitative estimate of drug-likeness (QED) is 0.386. The highest BCUT2D eigenvalue weighted by Crippen LogP contribution is 2.25. The summed E-state index contributed by atoms with van der Waals surface area (Å²) in [5.41, 5.74) is 2.11. The van der Waals surface area contributed by atoms with Gasteiger partial charge in [0.25, 0.3) is 0 Å². The highest BCUT2D eigenvalue weighted by molar-refractivity contribution is 8.93. The van der Waals surface area contributed by atoms with Crippen molar-refractivity contribution < 1.29 is 4.79 Å². The van der Waals surface area contributed by atoms with Crippen LogP contribution in [-0.2, 0) is 0 Å². The molecule has 0 aliphatic heterocycles. The molecule has 0 bridgehead atoms. The fourth-order valence-corrected chi connectivity index (χ4v) is 3.41. The molecule has 0 radical (unpaired) electrons. The number of Topliss-reactive ketones (excluding diaryl/α,β-unsaturated/α-hetero) is 1. The predicted molar refractivity (Wildman–Crippen MR) is 103 cm³/mol. The summed E-state index contributed by atoms with van der Waals surface area (Å²) in [7, 11) is 0. The molecule has 3 rings (SSSR count). The summed E-state index contributed by atoms with van der Waals surface area (Å²) in [6.45, 7) is 0.